The minimum Gasteiger partial charge on any atom is -0.382 e. The summed E-state index contributed by atoms with van der Waals surface area (Å²) in [5.41, 5.74) is 1.51. The van der Waals surface area contributed by atoms with Crippen molar-refractivity contribution in [1.29, 1.82) is 0 Å². The number of carbonyl (C=O) groups is 1. The fraction of sp³-hybridized carbons (Fsp3) is 0.625. The van der Waals surface area contributed by atoms with Gasteiger partial charge in [-0.05, 0) is 30.9 Å². The zero-order valence-electron chi connectivity index (χ0n) is 12.7. The summed E-state index contributed by atoms with van der Waals surface area (Å²) in [6.07, 6.45) is 8.07. The summed E-state index contributed by atoms with van der Waals surface area (Å²) in [6, 6.07) is 4.33. The third kappa shape index (κ3) is 3.71. The molecule has 1 N–H and O–H groups in total. The molecule has 2 unspecified atom stereocenters. The highest BCUT2D eigenvalue weighted by molar-refractivity contribution is 5.92. The van der Waals surface area contributed by atoms with Crippen LogP contribution in [-0.4, -0.2) is 35.9 Å². The van der Waals surface area contributed by atoms with Crippen LogP contribution in [0.4, 0.5) is 5.69 Å². The van der Waals surface area contributed by atoms with Gasteiger partial charge in [0, 0.05) is 32.0 Å². The molecule has 1 aliphatic rings. The first-order valence-corrected chi connectivity index (χ1v) is 7.54. The van der Waals surface area contributed by atoms with E-state index in [2.05, 4.69) is 17.2 Å². The van der Waals surface area contributed by atoms with Crippen molar-refractivity contribution in [2.45, 2.75) is 45.1 Å². The predicted molar refractivity (Wildman–Crippen MR) is 81.9 cm³/mol. The van der Waals surface area contributed by atoms with E-state index >= 15 is 0 Å². The van der Waals surface area contributed by atoms with Gasteiger partial charge in [-0.15, -0.1) is 0 Å². The standard InChI is InChI=1S/C16H25N3O/c1-4-12-6-5-7-13(10-12)18-14-8-9-17-15(11-14)16(20)19(2)3/h8-9,11-13H,4-7,10H2,1-3H3,(H,17,18). The highest BCUT2D eigenvalue weighted by atomic mass is 16.2. The minimum absolute atomic E-state index is 0.0521. The number of hydrogen-bond acceptors (Lipinski definition) is 3. The van der Waals surface area contributed by atoms with Crippen LogP contribution >= 0.6 is 0 Å². The number of amides is 1. The third-order valence-corrected chi connectivity index (χ3v) is 4.12. The smallest absolute Gasteiger partial charge is 0.272 e. The van der Waals surface area contributed by atoms with Crippen LogP contribution in [0, 0.1) is 5.92 Å². The van der Waals surface area contributed by atoms with Gasteiger partial charge in [-0.1, -0.05) is 26.2 Å². The second-order valence-corrected chi connectivity index (χ2v) is 5.91. The Labute approximate surface area is 121 Å². The number of carbonyl (C=O) groups excluding carboxylic acids is 1. The van der Waals surface area contributed by atoms with Crippen molar-refractivity contribution in [1.82, 2.24) is 9.88 Å². The lowest BCUT2D eigenvalue weighted by molar-refractivity contribution is 0.0822. The first kappa shape index (κ1) is 14.8. The molecular formula is C16H25N3O. The second-order valence-electron chi connectivity index (χ2n) is 5.91. The van der Waals surface area contributed by atoms with Crippen LogP contribution in [0.15, 0.2) is 18.3 Å². The van der Waals surface area contributed by atoms with Gasteiger partial charge < -0.3 is 10.2 Å². The Hall–Kier alpha value is -1.58. The molecule has 2 atom stereocenters. The number of nitrogens with one attached hydrogen (secondary N) is 1. The van der Waals surface area contributed by atoms with Crippen LogP contribution in [0.1, 0.15) is 49.5 Å². The molecule has 4 heteroatoms. The van der Waals surface area contributed by atoms with E-state index in [9.17, 15) is 4.79 Å². The highest BCUT2D eigenvalue weighted by Gasteiger charge is 2.20. The number of hydrogen-bond donors (Lipinski definition) is 1. The molecule has 1 aromatic heterocycles. The quantitative estimate of drug-likeness (QED) is 0.918. The molecule has 0 aromatic carbocycles. The van der Waals surface area contributed by atoms with Crippen LogP contribution < -0.4 is 5.32 Å². The summed E-state index contributed by atoms with van der Waals surface area (Å²) in [7, 11) is 3.49. The normalized spacial score (nSPS) is 22.4. The van der Waals surface area contributed by atoms with E-state index in [0.717, 1.165) is 11.6 Å². The van der Waals surface area contributed by atoms with E-state index in [1.807, 2.05) is 12.1 Å². The van der Waals surface area contributed by atoms with Crippen molar-refractivity contribution >= 4 is 11.6 Å². The summed E-state index contributed by atoms with van der Waals surface area (Å²) in [4.78, 5) is 17.6. The monoisotopic (exact) mass is 275 g/mol. The van der Waals surface area contributed by atoms with Crippen LogP contribution in [0.5, 0.6) is 0 Å². The molecule has 1 amide bonds. The zero-order chi connectivity index (χ0) is 14.5. The Kier molecular flexibility index (Phi) is 4.99. The molecule has 2 rings (SSSR count). The lowest BCUT2D eigenvalue weighted by atomic mass is 9.84. The number of anilines is 1. The highest BCUT2D eigenvalue weighted by Crippen LogP contribution is 2.28. The van der Waals surface area contributed by atoms with Crippen molar-refractivity contribution < 1.29 is 4.79 Å². The molecule has 4 nitrogen and oxygen atoms in total. The van der Waals surface area contributed by atoms with Crippen LogP contribution in [-0.2, 0) is 0 Å². The molecule has 0 aliphatic heterocycles. The Bertz CT molecular complexity index is 459. The minimum atomic E-state index is -0.0521. The topological polar surface area (TPSA) is 45.2 Å². The van der Waals surface area contributed by atoms with Crippen molar-refractivity contribution in [3.63, 3.8) is 0 Å². The fourth-order valence-corrected chi connectivity index (χ4v) is 2.89. The first-order chi connectivity index (χ1) is 9.60. The van der Waals surface area contributed by atoms with Gasteiger partial charge in [0.1, 0.15) is 5.69 Å². The molecule has 1 fully saturated rings. The largest absolute Gasteiger partial charge is 0.382 e. The maximum Gasteiger partial charge on any atom is 0.272 e. The molecule has 0 saturated heterocycles. The average Bonchev–Trinajstić information content (AvgIpc) is 2.47. The summed E-state index contributed by atoms with van der Waals surface area (Å²) in [5, 5.41) is 3.57. The van der Waals surface area contributed by atoms with Crippen molar-refractivity contribution in [2.24, 2.45) is 5.92 Å². The molecule has 0 bridgehead atoms. The number of pyridine rings is 1. The van der Waals surface area contributed by atoms with Gasteiger partial charge in [0.25, 0.3) is 5.91 Å². The van der Waals surface area contributed by atoms with E-state index in [-0.39, 0.29) is 5.91 Å². The van der Waals surface area contributed by atoms with E-state index in [1.165, 1.54) is 32.1 Å². The van der Waals surface area contributed by atoms with E-state index in [1.54, 1.807) is 25.2 Å². The third-order valence-electron chi connectivity index (χ3n) is 4.12. The molecule has 0 radical (unpaired) electrons. The van der Waals surface area contributed by atoms with Crippen molar-refractivity contribution in [3.05, 3.63) is 24.0 Å². The first-order valence-electron chi connectivity index (χ1n) is 7.54. The van der Waals surface area contributed by atoms with Gasteiger partial charge in [-0.2, -0.15) is 0 Å². The number of aromatic nitrogens is 1. The van der Waals surface area contributed by atoms with Crippen molar-refractivity contribution in [3.8, 4) is 0 Å². The lowest BCUT2D eigenvalue weighted by Crippen LogP contribution is -2.27. The van der Waals surface area contributed by atoms with Gasteiger partial charge in [-0.25, -0.2) is 0 Å². The lowest BCUT2D eigenvalue weighted by Gasteiger charge is -2.29. The Balaban J connectivity index is 2.02. The van der Waals surface area contributed by atoms with Crippen LogP contribution in [0.25, 0.3) is 0 Å². The van der Waals surface area contributed by atoms with Crippen LogP contribution in [0.2, 0.25) is 0 Å². The number of rotatable bonds is 4. The SMILES string of the molecule is CCC1CCCC(Nc2ccnc(C(=O)N(C)C)c2)C1. The maximum atomic E-state index is 11.9. The molecule has 1 aromatic rings. The summed E-state index contributed by atoms with van der Waals surface area (Å²) >= 11 is 0. The van der Waals surface area contributed by atoms with Gasteiger partial charge in [0.15, 0.2) is 0 Å². The average molecular weight is 275 g/mol. The van der Waals surface area contributed by atoms with Gasteiger partial charge in [-0.3, -0.25) is 9.78 Å². The summed E-state index contributed by atoms with van der Waals surface area (Å²) < 4.78 is 0. The zero-order valence-corrected chi connectivity index (χ0v) is 12.7. The van der Waals surface area contributed by atoms with E-state index < -0.39 is 0 Å². The fourth-order valence-electron chi connectivity index (χ4n) is 2.89. The Morgan fingerprint density at radius 3 is 2.95 bits per heavy atom. The molecule has 1 aliphatic carbocycles. The molecular weight excluding hydrogens is 250 g/mol. The predicted octanol–water partition coefficient (Wildman–Crippen LogP) is 3.16. The number of nitrogens with zero attached hydrogens (tertiary/aromatic N) is 2. The molecule has 0 spiro atoms. The second kappa shape index (κ2) is 6.73. The van der Waals surface area contributed by atoms with Gasteiger partial charge >= 0.3 is 0 Å². The van der Waals surface area contributed by atoms with Gasteiger partial charge in [0.2, 0.25) is 0 Å². The van der Waals surface area contributed by atoms with E-state index in [4.69, 9.17) is 0 Å². The van der Waals surface area contributed by atoms with Crippen LogP contribution in [0.3, 0.4) is 0 Å². The maximum absolute atomic E-state index is 11.9. The van der Waals surface area contributed by atoms with Crippen molar-refractivity contribution in [2.75, 3.05) is 19.4 Å². The molecule has 1 saturated carbocycles. The molecule has 1 heterocycles. The Morgan fingerprint density at radius 2 is 2.25 bits per heavy atom. The Morgan fingerprint density at radius 1 is 1.45 bits per heavy atom. The molecule has 20 heavy (non-hydrogen) atoms. The molecule has 110 valence electrons. The van der Waals surface area contributed by atoms with E-state index in [0.29, 0.717) is 11.7 Å². The summed E-state index contributed by atoms with van der Waals surface area (Å²) in [5.74, 6) is 0.787. The van der Waals surface area contributed by atoms with Gasteiger partial charge in [0.05, 0.1) is 0 Å². The summed E-state index contributed by atoms with van der Waals surface area (Å²) in [6.45, 7) is 2.27.